The van der Waals surface area contributed by atoms with Crippen molar-refractivity contribution in [1.29, 1.82) is 0 Å². The van der Waals surface area contributed by atoms with E-state index in [9.17, 15) is 19.5 Å². The summed E-state index contributed by atoms with van der Waals surface area (Å²) in [6.45, 7) is 1.82. The van der Waals surface area contributed by atoms with E-state index >= 15 is 0 Å². The maximum atomic E-state index is 12.5. The van der Waals surface area contributed by atoms with E-state index in [2.05, 4.69) is 10.6 Å². The monoisotopic (exact) mass is 356 g/mol. The number of hydrogen-bond acceptors (Lipinski definition) is 4. The van der Waals surface area contributed by atoms with Crippen LogP contribution in [0.25, 0.3) is 0 Å². The van der Waals surface area contributed by atoms with Crippen LogP contribution in [0.3, 0.4) is 0 Å². The zero-order valence-electron chi connectivity index (χ0n) is 14.3. The van der Waals surface area contributed by atoms with Crippen LogP contribution < -0.4 is 10.6 Å². The molecule has 1 aliphatic carbocycles. The van der Waals surface area contributed by atoms with Crippen molar-refractivity contribution in [3.05, 3.63) is 53.5 Å². The van der Waals surface area contributed by atoms with Gasteiger partial charge in [0.05, 0.1) is 12.2 Å². The highest BCUT2D eigenvalue weighted by Crippen LogP contribution is 2.26. The second kappa shape index (κ2) is 7.43. The van der Waals surface area contributed by atoms with Crippen molar-refractivity contribution in [2.24, 2.45) is 5.92 Å². The first-order valence-corrected chi connectivity index (χ1v) is 8.45. The SMILES string of the molecule is Cc1ccc(C(=O)N[C@@H]2CCC[C@@H]2C(=O)O)cc1NC(=O)c1ccco1. The average molecular weight is 356 g/mol. The van der Waals surface area contributed by atoms with Crippen LogP contribution in [0.1, 0.15) is 45.7 Å². The van der Waals surface area contributed by atoms with Gasteiger partial charge in [0.15, 0.2) is 5.76 Å². The molecule has 1 fully saturated rings. The number of carbonyl (C=O) groups is 3. The minimum atomic E-state index is -0.886. The Hall–Kier alpha value is -3.09. The van der Waals surface area contributed by atoms with Gasteiger partial charge in [0, 0.05) is 17.3 Å². The highest BCUT2D eigenvalue weighted by molar-refractivity contribution is 6.04. The number of carbonyl (C=O) groups excluding carboxylic acids is 2. The number of anilines is 1. The van der Waals surface area contributed by atoms with Crippen molar-refractivity contribution >= 4 is 23.5 Å². The van der Waals surface area contributed by atoms with Crippen LogP contribution in [0.15, 0.2) is 41.0 Å². The molecule has 1 aromatic carbocycles. The Bertz CT molecular complexity index is 828. The predicted octanol–water partition coefficient (Wildman–Crippen LogP) is 2.82. The molecular weight excluding hydrogens is 336 g/mol. The summed E-state index contributed by atoms with van der Waals surface area (Å²) in [5.74, 6) is -2.02. The number of carboxylic acids is 1. The number of amides is 2. The first-order valence-electron chi connectivity index (χ1n) is 8.45. The molecule has 2 aromatic rings. The smallest absolute Gasteiger partial charge is 0.308 e. The van der Waals surface area contributed by atoms with E-state index in [4.69, 9.17) is 4.42 Å². The van der Waals surface area contributed by atoms with E-state index in [0.29, 0.717) is 24.1 Å². The Morgan fingerprint density at radius 3 is 2.65 bits per heavy atom. The number of aryl methyl sites for hydroxylation is 1. The number of benzene rings is 1. The summed E-state index contributed by atoms with van der Waals surface area (Å²) in [5.41, 5.74) is 1.66. The lowest BCUT2D eigenvalue weighted by molar-refractivity contribution is -0.142. The standard InChI is InChI=1S/C19H20N2O5/c1-11-7-8-12(10-15(11)21-18(23)16-6-3-9-26-16)17(22)20-14-5-2-4-13(14)19(24)25/h3,6-10,13-14H,2,4-5H2,1H3,(H,20,22)(H,21,23)(H,24,25)/t13-,14+/m0/s1. The number of carboxylic acid groups (broad SMARTS) is 1. The fourth-order valence-electron chi connectivity index (χ4n) is 3.17. The second-order valence-corrected chi connectivity index (χ2v) is 6.42. The van der Waals surface area contributed by atoms with Crippen molar-refractivity contribution in [2.45, 2.75) is 32.2 Å². The van der Waals surface area contributed by atoms with E-state index in [-0.39, 0.29) is 17.7 Å². The van der Waals surface area contributed by atoms with Crippen molar-refractivity contribution < 1.29 is 23.9 Å². The van der Waals surface area contributed by atoms with E-state index in [1.807, 2.05) is 6.92 Å². The van der Waals surface area contributed by atoms with Crippen molar-refractivity contribution in [3.8, 4) is 0 Å². The highest BCUT2D eigenvalue weighted by atomic mass is 16.4. The molecule has 7 heteroatoms. The van der Waals surface area contributed by atoms with Crippen LogP contribution in [0.5, 0.6) is 0 Å². The van der Waals surface area contributed by atoms with Crippen LogP contribution >= 0.6 is 0 Å². The zero-order chi connectivity index (χ0) is 18.7. The van der Waals surface area contributed by atoms with Crippen molar-refractivity contribution in [2.75, 3.05) is 5.32 Å². The third-order valence-electron chi connectivity index (χ3n) is 4.64. The minimum Gasteiger partial charge on any atom is -0.481 e. The fraction of sp³-hybridized carbons (Fsp3) is 0.316. The van der Waals surface area contributed by atoms with Crippen LogP contribution in [-0.4, -0.2) is 28.9 Å². The van der Waals surface area contributed by atoms with Crippen molar-refractivity contribution in [3.63, 3.8) is 0 Å². The molecule has 26 heavy (non-hydrogen) atoms. The van der Waals surface area contributed by atoms with Gasteiger partial charge in [0.1, 0.15) is 0 Å². The van der Waals surface area contributed by atoms with Gasteiger partial charge in [-0.25, -0.2) is 0 Å². The average Bonchev–Trinajstić information content (AvgIpc) is 3.28. The lowest BCUT2D eigenvalue weighted by Crippen LogP contribution is -2.40. The highest BCUT2D eigenvalue weighted by Gasteiger charge is 2.34. The van der Waals surface area contributed by atoms with E-state index in [0.717, 1.165) is 12.0 Å². The molecule has 0 spiro atoms. The Morgan fingerprint density at radius 2 is 1.96 bits per heavy atom. The second-order valence-electron chi connectivity index (χ2n) is 6.42. The van der Waals surface area contributed by atoms with E-state index < -0.39 is 17.8 Å². The molecule has 2 amide bonds. The Balaban J connectivity index is 1.73. The van der Waals surface area contributed by atoms with Gasteiger partial charge >= 0.3 is 5.97 Å². The third kappa shape index (κ3) is 3.77. The van der Waals surface area contributed by atoms with Crippen LogP contribution in [0, 0.1) is 12.8 Å². The third-order valence-corrected chi connectivity index (χ3v) is 4.64. The van der Waals surface area contributed by atoms with Gasteiger partial charge in [-0.3, -0.25) is 14.4 Å². The van der Waals surface area contributed by atoms with Gasteiger partial charge in [0.2, 0.25) is 0 Å². The molecule has 0 unspecified atom stereocenters. The van der Waals surface area contributed by atoms with Crippen LogP contribution in [0.4, 0.5) is 5.69 Å². The molecule has 136 valence electrons. The van der Waals surface area contributed by atoms with E-state index in [1.54, 1.807) is 30.3 Å². The summed E-state index contributed by atoms with van der Waals surface area (Å²) in [6, 6.07) is 7.76. The molecule has 0 saturated heterocycles. The molecular formula is C19H20N2O5. The van der Waals surface area contributed by atoms with Gasteiger partial charge in [-0.15, -0.1) is 0 Å². The topological polar surface area (TPSA) is 109 Å². The first-order chi connectivity index (χ1) is 12.5. The normalized spacial score (nSPS) is 19.1. The minimum absolute atomic E-state index is 0.175. The lowest BCUT2D eigenvalue weighted by atomic mass is 10.0. The molecule has 1 heterocycles. The van der Waals surface area contributed by atoms with Gasteiger partial charge < -0.3 is 20.2 Å². The summed E-state index contributed by atoms with van der Waals surface area (Å²) in [7, 11) is 0. The number of aliphatic carboxylic acids is 1. The number of hydrogen-bond donors (Lipinski definition) is 3. The molecule has 3 N–H and O–H groups in total. The van der Waals surface area contributed by atoms with Gasteiger partial charge in [-0.2, -0.15) is 0 Å². The molecule has 0 bridgehead atoms. The summed E-state index contributed by atoms with van der Waals surface area (Å²) in [5, 5.41) is 14.8. The summed E-state index contributed by atoms with van der Waals surface area (Å²) < 4.78 is 5.06. The lowest BCUT2D eigenvalue weighted by Gasteiger charge is -2.18. The van der Waals surface area contributed by atoms with Gasteiger partial charge in [0.25, 0.3) is 11.8 Å². The van der Waals surface area contributed by atoms with Crippen LogP contribution in [0.2, 0.25) is 0 Å². The Morgan fingerprint density at radius 1 is 1.15 bits per heavy atom. The zero-order valence-corrected chi connectivity index (χ0v) is 14.3. The Labute approximate surface area is 150 Å². The molecule has 1 aliphatic rings. The van der Waals surface area contributed by atoms with Gasteiger partial charge in [-0.1, -0.05) is 12.5 Å². The number of furan rings is 1. The van der Waals surface area contributed by atoms with Crippen LogP contribution in [-0.2, 0) is 4.79 Å². The van der Waals surface area contributed by atoms with Crippen molar-refractivity contribution in [1.82, 2.24) is 5.32 Å². The summed E-state index contributed by atoms with van der Waals surface area (Å²) >= 11 is 0. The molecule has 1 aromatic heterocycles. The van der Waals surface area contributed by atoms with Gasteiger partial charge in [-0.05, 0) is 49.6 Å². The largest absolute Gasteiger partial charge is 0.481 e. The molecule has 7 nitrogen and oxygen atoms in total. The maximum Gasteiger partial charge on any atom is 0.308 e. The first kappa shape index (κ1) is 17.7. The number of nitrogens with one attached hydrogen (secondary N) is 2. The van der Waals surface area contributed by atoms with E-state index in [1.165, 1.54) is 6.26 Å². The number of rotatable bonds is 5. The quantitative estimate of drug-likeness (QED) is 0.763. The molecule has 1 saturated carbocycles. The maximum absolute atomic E-state index is 12.5. The molecule has 2 atom stereocenters. The molecule has 0 radical (unpaired) electrons. The molecule has 3 rings (SSSR count). The fourth-order valence-corrected chi connectivity index (χ4v) is 3.17. The summed E-state index contributed by atoms with van der Waals surface area (Å²) in [4.78, 5) is 35.9. The Kier molecular flexibility index (Phi) is 5.06. The predicted molar refractivity (Wildman–Crippen MR) is 94.1 cm³/mol. The summed E-state index contributed by atoms with van der Waals surface area (Å²) in [6.07, 6.45) is 3.40. The molecule has 0 aliphatic heterocycles.